The van der Waals surface area contributed by atoms with E-state index in [1.807, 2.05) is 48.5 Å². The lowest BCUT2D eigenvalue weighted by Gasteiger charge is -2.17. The fourth-order valence-corrected chi connectivity index (χ4v) is 6.68. The van der Waals surface area contributed by atoms with Crippen LogP contribution in [0.3, 0.4) is 0 Å². The van der Waals surface area contributed by atoms with Gasteiger partial charge in [0.2, 0.25) is 0 Å². The topological polar surface area (TPSA) is 88.5 Å². The molecule has 0 amide bonds. The number of methoxy groups -OCH3 is 4. The maximum Gasteiger partial charge on any atom is 0.341 e. The van der Waals surface area contributed by atoms with E-state index in [-0.39, 0.29) is 0 Å². The average molecular weight is 663 g/mol. The Hall–Kier alpha value is -5.28. The normalized spacial score (nSPS) is 13.0. The van der Waals surface area contributed by atoms with E-state index in [2.05, 4.69) is 33.7 Å². The van der Waals surface area contributed by atoms with Crippen molar-refractivity contribution in [3.63, 3.8) is 0 Å². The molecule has 2 heterocycles. The molecule has 254 valence electrons. The van der Waals surface area contributed by atoms with Gasteiger partial charge in [-0.3, -0.25) is 4.90 Å². The number of rotatable bonds is 13. The third-order valence-corrected chi connectivity index (χ3v) is 9.14. The summed E-state index contributed by atoms with van der Waals surface area (Å²) in [5, 5.41) is 1.11. The first-order valence-corrected chi connectivity index (χ1v) is 16.5. The highest BCUT2D eigenvalue weighted by Gasteiger charge is 2.22. The van der Waals surface area contributed by atoms with Gasteiger partial charge in [0.15, 0.2) is 0 Å². The molecule has 9 heteroatoms. The van der Waals surface area contributed by atoms with Crippen molar-refractivity contribution < 1.29 is 33.3 Å². The van der Waals surface area contributed by atoms with Crippen LogP contribution in [0.25, 0.3) is 22.2 Å². The van der Waals surface area contributed by atoms with Crippen molar-refractivity contribution in [3.05, 3.63) is 113 Å². The molecule has 1 fully saturated rings. The molecule has 0 unspecified atom stereocenters. The number of likely N-dealkylation sites (tertiary alicyclic amines) is 1. The van der Waals surface area contributed by atoms with E-state index < -0.39 is 11.9 Å². The summed E-state index contributed by atoms with van der Waals surface area (Å²) in [6.07, 6.45) is 3.10. The Balaban J connectivity index is 1.42. The molecule has 0 bridgehead atoms. The molecule has 49 heavy (non-hydrogen) atoms. The second kappa shape index (κ2) is 15.3. The number of nitrogens with zero attached hydrogens (tertiary/aromatic N) is 2. The van der Waals surface area contributed by atoms with Gasteiger partial charge in [-0.15, -0.1) is 0 Å². The smallest absolute Gasteiger partial charge is 0.341 e. The van der Waals surface area contributed by atoms with Crippen LogP contribution in [0.2, 0.25) is 0 Å². The van der Waals surface area contributed by atoms with E-state index in [9.17, 15) is 9.59 Å². The number of esters is 2. The van der Waals surface area contributed by atoms with Crippen molar-refractivity contribution in [2.24, 2.45) is 0 Å². The summed E-state index contributed by atoms with van der Waals surface area (Å²) in [6, 6.07) is 27.8. The predicted octanol–water partition coefficient (Wildman–Crippen LogP) is 7.01. The van der Waals surface area contributed by atoms with Gasteiger partial charge in [0.05, 0.1) is 34.1 Å². The lowest BCUT2D eigenvalue weighted by atomic mass is 9.97. The van der Waals surface area contributed by atoms with Gasteiger partial charge in [-0.1, -0.05) is 30.3 Å². The molecule has 1 saturated heterocycles. The van der Waals surface area contributed by atoms with E-state index >= 15 is 0 Å². The Kier molecular flexibility index (Phi) is 10.5. The van der Waals surface area contributed by atoms with E-state index in [1.54, 1.807) is 26.4 Å². The van der Waals surface area contributed by atoms with Crippen molar-refractivity contribution >= 4 is 22.8 Å². The lowest BCUT2D eigenvalue weighted by molar-refractivity contribution is 0.0588. The number of ether oxygens (including phenoxy) is 5. The molecule has 0 radical (unpaired) electrons. The first-order chi connectivity index (χ1) is 23.9. The molecule has 6 rings (SSSR count). The minimum atomic E-state index is -0.450. The quantitative estimate of drug-likeness (QED) is 0.125. The Morgan fingerprint density at radius 3 is 1.96 bits per heavy atom. The van der Waals surface area contributed by atoms with Gasteiger partial charge in [0, 0.05) is 30.4 Å². The van der Waals surface area contributed by atoms with Gasteiger partial charge in [-0.05, 0) is 103 Å². The molecule has 9 nitrogen and oxygen atoms in total. The number of para-hydroxylation sites is 1. The third kappa shape index (κ3) is 7.27. The predicted molar refractivity (Wildman–Crippen MR) is 189 cm³/mol. The Bertz CT molecular complexity index is 1830. The number of fused-ring (bicyclic) bond motifs is 1. The Morgan fingerprint density at radius 1 is 0.714 bits per heavy atom. The Labute approximate surface area is 286 Å². The maximum absolute atomic E-state index is 12.4. The fourth-order valence-electron chi connectivity index (χ4n) is 6.68. The zero-order valence-electron chi connectivity index (χ0n) is 28.5. The first-order valence-electron chi connectivity index (χ1n) is 16.5. The van der Waals surface area contributed by atoms with Crippen LogP contribution in [0.15, 0.2) is 84.9 Å². The summed E-state index contributed by atoms with van der Waals surface area (Å²) >= 11 is 0. The summed E-state index contributed by atoms with van der Waals surface area (Å²) in [4.78, 5) is 27.2. The van der Waals surface area contributed by atoms with Crippen LogP contribution in [-0.2, 0) is 22.4 Å². The summed E-state index contributed by atoms with van der Waals surface area (Å²) in [5.74, 6) is 0.850. The number of benzene rings is 4. The van der Waals surface area contributed by atoms with Crippen LogP contribution in [-0.4, -0.2) is 76.1 Å². The maximum atomic E-state index is 12.4. The van der Waals surface area contributed by atoms with E-state index in [0.717, 1.165) is 64.2 Å². The van der Waals surface area contributed by atoms with Crippen molar-refractivity contribution in [2.45, 2.75) is 25.8 Å². The zero-order chi connectivity index (χ0) is 34.3. The largest absolute Gasteiger partial charge is 0.496 e. The molecule has 0 aliphatic carbocycles. The SMILES string of the molecule is COC(=O)c1ccc(Cc2c(-c3ccc(OCCN4CCCC4)cc3)n(Cc3ccc(C(=O)OC)c(OC)c3)c3ccccc23)cc1OC. The molecule has 0 spiro atoms. The van der Waals surface area contributed by atoms with Gasteiger partial charge in [-0.2, -0.15) is 0 Å². The molecule has 5 aromatic rings. The number of hydrogen-bond acceptors (Lipinski definition) is 8. The molecule has 1 aliphatic rings. The third-order valence-electron chi connectivity index (χ3n) is 9.14. The zero-order valence-corrected chi connectivity index (χ0v) is 28.5. The second-order valence-electron chi connectivity index (χ2n) is 12.1. The number of carbonyl (C=O) groups is 2. The summed E-state index contributed by atoms with van der Waals surface area (Å²) in [5.41, 5.74) is 6.98. The van der Waals surface area contributed by atoms with Gasteiger partial charge in [-0.25, -0.2) is 9.59 Å². The van der Waals surface area contributed by atoms with Gasteiger partial charge < -0.3 is 28.3 Å². The molecule has 1 aromatic heterocycles. The van der Waals surface area contributed by atoms with Crippen molar-refractivity contribution in [2.75, 3.05) is 54.7 Å². The van der Waals surface area contributed by atoms with Crippen LogP contribution in [0.1, 0.15) is 50.2 Å². The number of carbonyl (C=O) groups excluding carboxylic acids is 2. The molecule has 0 saturated carbocycles. The van der Waals surface area contributed by atoms with Crippen molar-refractivity contribution in [3.8, 4) is 28.5 Å². The molecule has 0 atom stereocenters. The van der Waals surface area contributed by atoms with Gasteiger partial charge in [0.25, 0.3) is 0 Å². The average Bonchev–Trinajstić information content (AvgIpc) is 3.77. The van der Waals surface area contributed by atoms with E-state index in [0.29, 0.717) is 42.2 Å². The highest BCUT2D eigenvalue weighted by molar-refractivity contribution is 5.94. The first kappa shape index (κ1) is 33.6. The van der Waals surface area contributed by atoms with Gasteiger partial charge in [0.1, 0.15) is 35.0 Å². The van der Waals surface area contributed by atoms with E-state index in [4.69, 9.17) is 23.7 Å². The van der Waals surface area contributed by atoms with Crippen LogP contribution in [0, 0.1) is 0 Å². The lowest BCUT2D eigenvalue weighted by Crippen LogP contribution is -2.25. The van der Waals surface area contributed by atoms with E-state index in [1.165, 1.54) is 27.1 Å². The highest BCUT2D eigenvalue weighted by atomic mass is 16.5. The summed E-state index contributed by atoms with van der Waals surface area (Å²) in [6.45, 7) is 4.38. The standard InChI is InChI=1S/C40H42N2O7/c1-45-36-24-27(11-17-32(36)39(43)47-3)23-34-31-9-5-6-10-35(31)42(26-28-12-18-33(40(44)48-4)37(25-28)46-2)38(34)29-13-15-30(16-14-29)49-22-21-41-19-7-8-20-41/h5-6,9-18,24-25H,7-8,19-23,26H2,1-4H3. The van der Waals surface area contributed by atoms with Gasteiger partial charge >= 0.3 is 11.9 Å². The number of hydrogen-bond donors (Lipinski definition) is 0. The molecular weight excluding hydrogens is 620 g/mol. The van der Waals surface area contributed by atoms with Crippen LogP contribution in [0.5, 0.6) is 17.2 Å². The van der Waals surface area contributed by atoms with Crippen molar-refractivity contribution in [1.82, 2.24) is 9.47 Å². The summed E-state index contributed by atoms with van der Waals surface area (Å²) in [7, 11) is 5.82. The monoisotopic (exact) mass is 662 g/mol. The van der Waals surface area contributed by atoms with Crippen LogP contribution >= 0.6 is 0 Å². The number of aromatic nitrogens is 1. The molecular formula is C40H42N2O7. The fraction of sp³-hybridized carbons (Fsp3) is 0.300. The highest BCUT2D eigenvalue weighted by Crippen LogP contribution is 2.38. The van der Waals surface area contributed by atoms with Crippen molar-refractivity contribution in [1.29, 1.82) is 0 Å². The second-order valence-corrected chi connectivity index (χ2v) is 12.1. The molecule has 1 aliphatic heterocycles. The molecule has 4 aromatic carbocycles. The summed E-state index contributed by atoms with van der Waals surface area (Å²) < 4.78 is 29.6. The minimum Gasteiger partial charge on any atom is -0.496 e. The van der Waals surface area contributed by atoms with Crippen LogP contribution in [0.4, 0.5) is 0 Å². The molecule has 0 N–H and O–H groups in total. The minimum absolute atomic E-state index is 0.372. The Morgan fingerprint density at radius 2 is 1.33 bits per heavy atom. The van der Waals surface area contributed by atoms with Crippen LogP contribution < -0.4 is 14.2 Å².